The Labute approximate surface area is 159 Å². The Hall–Kier alpha value is -2.32. The van der Waals surface area contributed by atoms with Gasteiger partial charge in [-0.1, -0.05) is 26.7 Å². The van der Waals surface area contributed by atoms with Gasteiger partial charge in [0.1, 0.15) is 12.1 Å². The summed E-state index contributed by atoms with van der Waals surface area (Å²) in [4.78, 5) is 49.6. The highest BCUT2D eigenvalue weighted by Crippen LogP contribution is 2.34. The van der Waals surface area contributed by atoms with Gasteiger partial charge < -0.3 is 20.7 Å². The maximum atomic E-state index is 12.6. The average molecular weight is 382 g/mol. The van der Waals surface area contributed by atoms with Crippen LogP contribution >= 0.6 is 0 Å². The van der Waals surface area contributed by atoms with Gasteiger partial charge in [-0.25, -0.2) is 9.59 Å². The quantitative estimate of drug-likeness (QED) is 0.544. The Morgan fingerprint density at radius 3 is 2.52 bits per heavy atom. The Kier molecular flexibility index (Phi) is 7.04. The molecule has 0 aromatic heterocycles. The summed E-state index contributed by atoms with van der Waals surface area (Å²) in [7, 11) is 0. The molecule has 2 aliphatic rings. The van der Waals surface area contributed by atoms with Crippen molar-refractivity contribution in [3.05, 3.63) is 0 Å². The van der Waals surface area contributed by atoms with Gasteiger partial charge in [0, 0.05) is 12.6 Å². The fraction of sp³-hybridized carbons (Fsp3) is 0.778. The summed E-state index contributed by atoms with van der Waals surface area (Å²) in [5.41, 5.74) is -0.816. The highest BCUT2D eigenvalue weighted by Gasteiger charge is 2.52. The zero-order valence-electron chi connectivity index (χ0n) is 16.3. The Morgan fingerprint density at radius 2 is 1.93 bits per heavy atom. The van der Waals surface area contributed by atoms with Gasteiger partial charge in [-0.05, 0) is 32.1 Å². The van der Waals surface area contributed by atoms with Crippen LogP contribution in [0.5, 0.6) is 0 Å². The van der Waals surface area contributed by atoms with Crippen LogP contribution in [0.15, 0.2) is 0 Å². The van der Waals surface area contributed by atoms with E-state index in [4.69, 9.17) is 4.74 Å². The van der Waals surface area contributed by atoms with Crippen LogP contribution in [0, 0.1) is 5.92 Å². The van der Waals surface area contributed by atoms with Crippen LogP contribution in [-0.2, 0) is 14.3 Å². The van der Waals surface area contributed by atoms with Crippen LogP contribution in [0.2, 0.25) is 0 Å². The van der Waals surface area contributed by atoms with Crippen molar-refractivity contribution in [2.75, 3.05) is 19.7 Å². The zero-order valence-corrected chi connectivity index (χ0v) is 16.3. The van der Waals surface area contributed by atoms with Crippen molar-refractivity contribution in [3.63, 3.8) is 0 Å². The molecule has 0 bridgehead atoms. The molecule has 27 heavy (non-hydrogen) atoms. The molecule has 1 atom stereocenters. The minimum atomic E-state index is -0.816. The van der Waals surface area contributed by atoms with Crippen LogP contribution in [0.3, 0.4) is 0 Å². The third-order valence-corrected chi connectivity index (χ3v) is 4.90. The van der Waals surface area contributed by atoms with Gasteiger partial charge in [0.2, 0.25) is 5.91 Å². The summed E-state index contributed by atoms with van der Waals surface area (Å²) in [6.07, 6.45) is 3.15. The molecule has 3 N–H and O–H groups in total. The highest BCUT2D eigenvalue weighted by molar-refractivity contribution is 6.09. The van der Waals surface area contributed by atoms with E-state index < -0.39 is 23.6 Å². The third-order valence-electron chi connectivity index (χ3n) is 4.90. The molecule has 9 nitrogen and oxygen atoms in total. The number of amides is 5. The van der Waals surface area contributed by atoms with E-state index >= 15 is 0 Å². The lowest BCUT2D eigenvalue weighted by atomic mass is 9.98. The van der Waals surface area contributed by atoms with Crippen LogP contribution in [0.25, 0.3) is 0 Å². The third kappa shape index (κ3) is 5.33. The van der Waals surface area contributed by atoms with Crippen molar-refractivity contribution < 1.29 is 23.9 Å². The van der Waals surface area contributed by atoms with Crippen molar-refractivity contribution in [2.45, 2.75) is 64.5 Å². The van der Waals surface area contributed by atoms with E-state index in [9.17, 15) is 19.2 Å². The standard InChI is InChI=1S/C18H30N4O5/c1-4-27-17(26)20-13(9-12(2)3)10-19-14(23)11-22-15(24)18(21-16(22)25)7-5-6-8-18/h12-13H,4-11H2,1-3H3,(H,19,23)(H,20,26)(H,21,25). The average Bonchev–Trinajstić information content (AvgIpc) is 3.13. The number of hydrogen-bond acceptors (Lipinski definition) is 5. The number of urea groups is 1. The molecule has 1 saturated heterocycles. The van der Waals surface area contributed by atoms with Crippen LogP contribution in [0.1, 0.15) is 52.9 Å². The Morgan fingerprint density at radius 1 is 1.26 bits per heavy atom. The molecule has 1 aliphatic heterocycles. The number of ether oxygens (including phenoxy) is 1. The van der Waals surface area contributed by atoms with Crippen molar-refractivity contribution >= 4 is 23.9 Å². The predicted molar refractivity (Wildman–Crippen MR) is 97.9 cm³/mol. The van der Waals surface area contributed by atoms with Gasteiger partial charge in [-0.3, -0.25) is 14.5 Å². The second-order valence-corrected chi connectivity index (χ2v) is 7.61. The van der Waals surface area contributed by atoms with Gasteiger partial charge in [-0.15, -0.1) is 0 Å². The molecule has 0 aromatic rings. The summed E-state index contributed by atoms with van der Waals surface area (Å²) in [6, 6.07) is -0.808. The molecular weight excluding hydrogens is 352 g/mol. The van der Waals surface area contributed by atoms with Gasteiger partial charge in [-0.2, -0.15) is 0 Å². The Bertz CT molecular complexity index is 586. The second kappa shape index (κ2) is 9.05. The molecule has 2 fully saturated rings. The maximum absolute atomic E-state index is 12.6. The van der Waals surface area contributed by atoms with E-state index in [0.29, 0.717) is 25.2 Å². The number of alkyl carbamates (subject to hydrolysis) is 1. The van der Waals surface area contributed by atoms with E-state index in [-0.39, 0.29) is 31.6 Å². The summed E-state index contributed by atoms with van der Waals surface area (Å²) in [5, 5.41) is 8.17. The first kappa shape index (κ1) is 21.0. The first-order valence-electron chi connectivity index (χ1n) is 9.61. The first-order valence-corrected chi connectivity index (χ1v) is 9.61. The predicted octanol–water partition coefficient (Wildman–Crippen LogP) is 1.13. The zero-order chi connectivity index (χ0) is 20.0. The summed E-state index contributed by atoms with van der Waals surface area (Å²) in [6.45, 7) is 5.88. The molecular formula is C18H30N4O5. The van der Waals surface area contributed by atoms with Crippen LogP contribution in [-0.4, -0.2) is 60.1 Å². The van der Waals surface area contributed by atoms with Gasteiger partial charge >= 0.3 is 12.1 Å². The topological polar surface area (TPSA) is 117 Å². The van der Waals surface area contributed by atoms with Crippen molar-refractivity contribution in [3.8, 4) is 0 Å². The molecule has 9 heteroatoms. The van der Waals surface area contributed by atoms with Gasteiger partial charge in [0.25, 0.3) is 5.91 Å². The van der Waals surface area contributed by atoms with Gasteiger partial charge in [0.15, 0.2) is 0 Å². The van der Waals surface area contributed by atoms with Crippen LogP contribution in [0.4, 0.5) is 9.59 Å². The largest absolute Gasteiger partial charge is 0.450 e. The van der Waals surface area contributed by atoms with E-state index in [1.807, 2.05) is 13.8 Å². The molecule has 152 valence electrons. The SMILES string of the molecule is CCOC(=O)NC(CNC(=O)CN1C(=O)NC2(CCCC2)C1=O)CC(C)C. The van der Waals surface area contributed by atoms with E-state index in [0.717, 1.165) is 17.7 Å². The summed E-state index contributed by atoms with van der Waals surface area (Å²) >= 11 is 0. The minimum Gasteiger partial charge on any atom is -0.450 e. The summed E-state index contributed by atoms with van der Waals surface area (Å²) < 4.78 is 4.88. The number of hydrogen-bond donors (Lipinski definition) is 3. The molecule has 2 rings (SSSR count). The lowest BCUT2D eigenvalue weighted by molar-refractivity contribution is -0.134. The van der Waals surface area contributed by atoms with E-state index in [1.165, 1.54) is 0 Å². The molecule has 1 unspecified atom stereocenters. The first-order chi connectivity index (χ1) is 12.8. The highest BCUT2D eigenvalue weighted by atomic mass is 16.5. The normalized spacial score (nSPS) is 19.3. The monoisotopic (exact) mass is 382 g/mol. The minimum absolute atomic E-state index is 0.199. The Balaban J connectivity index is 1.87. The van der Waals surface area contributed by atoms with E-state index in [1.54, 1.807) is 6.92 Å². The fourth-order valence-electron chi connectivity index (χ4n) is 3.68. The molecule has 0 aromatic carbocycles. The lowest BCUT2D eigenvalue weighted by Gasteiger charge is -2.22. The number of carbonyl (C=O) groups is 4. The van der Waals surface area contributed by atoms with Crippen molar-refractivity contribution in [1.29, 1.82) is 0 Å². The lowest BCUT2D eigenvalue weighted by Crippen LogP contribution is -2.48. The fourth-order valence-corrected chi connectivity index (χ4v) is 3.68. The molecule has 1 spiro atoms. The molecule has 0 radical (unpaired) electrons. The number of imide groups is 1. The van der Waals surface area contributed by atoms with Gasteiger partial charge in [0.05, 0.1) is 6.61 Å². The molecule has 5 amide bonds. The molecule has 1 heterocycles. The number of rotatable bonds is 8. The summed E-state index contributed by atoms with van der Waals surface area (Å²) in [5.74, 6) is -0.446. The molecule has 1 saturated carbocycles. The van der Waals surface area contributed by atoms with Crippen LogP contribution < -0.4 is 16.0 Å². The number of nitrogens with zero attached hydrogens (tertiary/aromatic N) is 1. The second-order valence-electron chi connectivity index (χ2n) is 7.61. The molecule has 1 aliphatic carbocycles. The smallest absolute Gasteiger partial charge is 0.407 e. The van der Waals surface area contributed by atoms with E-state index in [2.05, 4.69) is 16.0 Å². The van der Waals surface area contributed by atoms with Crippen molar-refractivity contribution in [1.82, 2.24) is 20.9 Å². The van der Waals surface area contributed by atoms with Crippen molar-refractivity contribution in [2.24, 2.45) is 5.92 Å². The number of nitrogens with one attached hydrogen (secondary N) is 3. The number of carbonyl (C=O) groups excluding carboxylic acids is 4. The maximum Gasteiger partial charge on any atom is 0.407 e.